The third-order valence-corrected chi connectivity index (χ3v) is 6.78. The molecular weight excluding hydrogens is 480 g/mol. The molecule has 2 heterocycles. The molecule has 170 valence electrons. The normalized spacial score (nSPS) is 14.4. The number of carbonyl (C=O) groups excluding carboxylic acids is 1. The number of anilines is 2. The van der Waals surface area contributed by atoms with Gasteiger partial charge in [-0.2, -0.15) is 16.7 Å². The van der Waals surface area contributed by atoms with E-state index in [9.17, 15) is 9.90 Å². The molecule has 0 bridgehead atoms. The van der Waals surface area contributed by atoms with Gasteiger partial charge in [0.15, 0.2) is 11.5 Å². The van der Waals surface area contributed by atoms with Crippen LogP contribution < -0.4 is 21.3 Å². The number of rotatable bonds is 10. The van der Waals surface area contributed by atoms with E-state index in [2.05, 4.69) is 37.2 Å². The molecule has 31 heavy (non-hydrogen) atoms. The Hall–Kier alpha value is -1.91. The minimum Gasteiger partial charge on any atom is -0.507 e. The Morgan fingerprint density at radius 2 is 2.10 bits per heavy atom. The number of hydrogen-bond donors (Lipinski definition) is 5. The van der Waals surface area contributed by atoms with E-state index in [1.54, 1.807) is 6.07 Å². The number of amides is 1. The molecule has 1 aliphatic heterocycles. The topological polar surface area (TPSA) is 103 Å². The standard InChI is InChI=1S/C21H31BrN6O2S/c1-3-24-20(30)18-19(25-9-8-23-2)27-21(26-15-6-10-31-11-7-15)28(18)13-14-4-5-17(29)16(22)12-14/h4-5,12,15,23,25,29H,3,6-11,13H2,1-2H3,(H,24,30)(H,26,27). The predicted octanol–water partition coefficient (Wildman–Crippen LogP) is 3.09. The number of halogens is 1. The molecule has 0 radical (unpaired) electrons. The van der Waals surface area contributed by atoms with Crippen molar-refractivity contribution in [3.8, 4) is 5.75 Å². The van der Waals surface area contributed by atoms with E-state index in [-0.39, 0.29) is 11.7 Å². The van der Waals surface area contributed by atoms with Crippen LogP contribution in [0.15, 0.2) is 22.7 Å². The second-order valence-electron chi connectivity index (χ2n) is 7.43. The first-order chi connectivity index (χ1) is 15.0. The minimum absolute atomic E-state index is 0.160. The molecule has 1 aromatic carbocycles. The number of phenolic OH excluding ortho intramolecular Hbond substituents is 1. The van der Waals surface area contributed by atoms with Gasteiger partial charge < -0.3 is 26.4 Å². The second-order valence-corrected chi connectivity index (χ2v) is 9.50. The first-order valence-electron chi connectivity index (χ1n) is 10.6. The lowest BCUT2D eigenvalue weighted by molar-refractivity contribution is 0.0948. The fourth-order valence-electron chi connectivity index (χ4n) is 3.48. The van der Waals surface area contributed by atoms with Crippen LogP contribution in [0.1, 0.15) is 35.8 Å². The molecule has 0 unspecified atom stereocenters. The second kappa shape index (κ2) is 11.6. The van der Waals surface area contributed by atoms with Gasteiger partial charge in [-0.1, -0.05) is 6.07 Å². The molecule has 1 aromatic heterocycles. The lowest BCUT2D eigenvalue weighted by Gasteiger charge is -2.23. The number of aromatic nitrogens is 2. The molecule has 8 nitrogen and oxygen atoms in total. The number of likely N-dealkylation sites (N-methyl/N-ethyl adjacent to an activating group) is 1. The summed E-state index contributed by atoms with van der Waals surface area (Å²) in [5.74, 6) is 3.54. The quantitative estimate of drug-likeness (QED) is 0.313. The number of nitrogens with zero attached hydrogens (tertiary/aromatic N) is 2. The molecule has 5 N–H and O–H groups in total. The predicted molar refractivity (Wildman–Crippen MR) is 132 cm³/mol. The van der Waals surface area contributed by atoms with Crippen LogP contribution in [0.3, 0.4) is 0 Å². The molecular formula is C21H31BrN6O2S. The Balaban J connectivity index is 1.99. The summed E-state index contributed by atoms with van der Waals surface area (Å²) in [7, 11) is 1.89. The number of thioether (sulfide) groups is 1. The highest BCUT2D eigenvalue weighted by Gasteiger charge is 2.25. The van der Waals surface area contributed by atoms with Crippen LogP contribution in [-0.4, -0.2) is 64.8 Å². The molecule has 10 heteroatoms. The maximum atomic E-state index is 13.0. The van der Waals surface area contributed by atoms with E-state index in [1.807, 2.05) is 42.4 Å². The zero-order valence-electron chi connectivity index (χ0n) is 18.0. The van der Waals surface area contributed by atoms with Crippen LogP contribution >= 0.6 is 27.7 Å². The zero-order chi connectivity index (χ0) is 22.2. The number of hydrogen-bond acceptors (Lipinski definition) is 7. The molecule has 3 rings (SSSR count). The van der Waals surface area contributed by atoms with Gasteiger partial charge in [0, 0.05) is 25.7 Å². The van der Waals surface area contributed by atoms with E-state index >= 15 is 0 Å². The van der Waals surface area contributed by atoms with Crippen LogP contribution in [-0.2, 0) is 6.54 Å². The maximum absolute atomic E-state index is 13.0. The van der Waals surface area contributed by atoms with Crippen LogP contribution in [0.4, 0.5) is 11.8 Å². The maximum Gasteiger partial charge on any atom is 0.271 e. The fraction of sp³-hybridized carbons (Fsp3) is 0.524. The summed E-state index contributed by atoms with van der Waals surface area (Å²) in [5.41, 5.74) is 1.46. The van der Waals surface area contributed by atoms with Crippen molar-refractivity contribution in [2.45, 2.75) is 32.4 Å². The molecule has 0 atom stereocenters. The van der Waals surface area contributed by atoms with Gasteiger partial charge in [0.2, 0.25) is 5.95 Å². The van der Waals surface area contributed by atoms with Crippen LogP contribution in [0, 0.1) is 0 Å². The molecule has 2 aromatic rings. The summed E-state index contributed by atoms with van der Waals surface area (Å²) in [4.78, 5) is 17.8. The largest absolute Gasteiger partial charge is 0.507 e. The van der Waals surface area contributed by atoms with Crippen LogP contribution in [0.25, 0.3) is 0 Å². The van der Waals surface area contributed by atoms with E-state index in [0.29, 0.717) is 47.6 Å². The summed E-state index contributed by atoms with van der Waals surface area (Å²) in [5, 5.41) is 22.8. The lowest BCUT2D eigenvalue weighted by Crippen LogP contribution is -2.29. The van der Waals surface area contributed by atoms with Gasteiger partial charge in [-0.05, 0) is 71.9 Å². The molecule has 0 spiro atoms. The van der Waals surface area contributed by atoms with Crippen LogP contribution in [0.2, 0.25) is 0 Å². The Morgan fingerprint density at radius 3 is 2.77 bits per heavy atom. The Bertz CT molecular complexity index is 885. The SMILES string of the molecule is CCNC(=O)c1c(NCCNC)nc(NC2CCSCC2)n1Cc1ccc(O)c(Br)c1. The van der Waals surface area contributed by atoms with E-state index in [4.69, 9.17) is 4.98 Å². The summed E-state index contributed by atoms with van der Waals surface area (Å²) in [6, 6.07) is 5.71. The highest BCUT2D eigenvalue weighted by molar-refractivity contribution is 9.10. The molecule has 0 aliphatic carbocycles. The molecule has 1 fully saturated rings. The van der Waals surface area contributed by atoms with Crippen molar-refractivity contribution in [1.29, 1.82) is 0 Å². The summed E-state index contributed by atoms with van der Waals surface area (Å²) < 4.78 is 2.56. The highest BCUT2D eigenvalue weighted by Crippen LogP contribution is 2.29. The van der Waals surface area contributed by atoms with Gasteiger partial charge in [-0.15, -0.1) is 0 Å². The van der Waals surface area contributed by atoms with Crippen molar-refractivity contribution < 1.29 is 9.90 Å². The fourth-order valence-corrected chi connectivity index (χ4v) is 5.01. The van der Waals surface area contributed by atoms with Crippen molar-refractivity contribution in [3.05, 3.63) is 33.9 Å². The number of imidazole rings is 1. The van der Waals surface area contributed by atoms with Crippen molar-refractivity contribution in [2.75, 3.05) is 48.8 Å². The molecule has 1 amide bonds. The Morgan fingerprint density at radius 1 is 1.32 bits per heavy atom. The number of nitrogens with one attached hydrogen (secondary N) is 4. The van der Waals surface area contributed by atoms with Gasteiger partial charge in [0.1, 0.15) is 5.75 Å². The summed E-state index contributed by atoms with van der Waals surface area (Å²) in [6.07, 6.45) is 2.14. The van der Waals surface area contributed by atoms with Gasteiger partial charge in [-0.25, -0.2) is 0 Å². The minimum atomic E-state index is -0.160. The average Bonchev–Trinajstić information content (AvgIpc) is 3.08. The summed E-state index contributed by atoms with van der Waals surface area (Å²) >= 11 is 5.36. The number of aromatic hydroxyl groups is 1. The van der Waals surface area contributed by atoms with Crippen molar-refractivity contribution >= 4 is 45.4 Å². The first-order valence-corrected chi connectivity index (χ1v) is 12.6. The molecule has 1 aliphatic rings. The molecule has 0 saturated carbocycles. The third kappa shape index (κ3) is 6.30. The smallest absolute Gasteiger partial charge is 0.271 e. The van der Waals surface area contributed by atoms with Crippen molar-refractivity contribution in [2.24, 2.45) is 0 Å². The number of phenols is 1. The Kier molecular flexibility index (Phi) is 8.91. The van der Waals surface area contributed by atoms with E-state index in [1.165, 1.54) is 0 Å². The number of benzene rings is 1. The monoisotopic (exact) mass is 510 g/mol. The zero-order valence-corrected chi connectivity index (χ0v) is 20.4. The van der Waals surface area contributed by atoms with Gasteiger partial charge in [-0.3, -0.25) is 9.36 Å². The van der Waals surface area contributed by atoms with Gasteiger partial charge >= 0.3 is 0 Å². The average molecular weight is 511 g/mol. The van der Waals surface area contributed by atoms with Crippen molar-refractivity contribution in [1.82, 2.24) is 20.2 Å². The van der Waals surface area contributed by atoms with Crippen LogP contribution in [0.5, 0.6) is 5.75 Å². The Labute approximate surface area is 196 Å². The van der Waals surface area contributed by atoms with E-state index in [0.717, 1.165) is 36.5 Å². The first kappa shape index (κ1) is 23.7. The third-order valence-electron chi connectivity index (χ3n) is 5.09. The number of carbonyl (C=O) groups is 1. The van der Waals surface area contributed by atoms with Crippen molar-refractivity contribution in [3.63, 3.8) is 0 Å². The molecule has 1 saturated heterocycles. The van der Waals surface area contributed by atoms with E-state index < -0.39 is 0 Å². The summed E-state index contributed by atoms with van der Waals surface area (Å²) in [6.45, 7) is 4.31. The lowest BCUT2D eigenvalue weighted by atomic mass is 10.1. The van der Waals surface area contributed by atoms with Gasteiger partial charge in [0.05, 0.1) is 11.0 Å². The highest BCUT2D eigenvalue weighted by atomic mass is 79.9. The van der Waals surface area contributed by atoms with Gasteiger partial charge in [0.25, 0.3) is 5.91 Å².